The first-order valence-corrected chi connectivity index (χ1v) is 12.6. The van der Waals surface area contributed by atoms with Crippen molar-refractivity contribution in [3.05, 3.63) is 65.6 Å². The number of ether oxygens (including phenoxy) is 2. The average Bonchev–Trinajstić information content (AvgIpc) is 3.42. The summed E-state index contributed by atoms with van der Waals surface area (Å²) in [5.74, 6) is -0.160. The Balaban J connectivity index is 1.55. The van der Waals surface area contributed by atoms with Gasteiger partial charge < -0.3 is 0 Å². The number of hydrogen-bond donors (Lipinski definition) is 3. The molecular weight excluding hydrogens is 556 g/mol. The monoisotopic (exact) mass is 574 g/mol. The molecule has 5 heterocycles. The van der Waals surface area contributed by atoms with Gasteiger partial charge in [-0.25, -0.2) is 0 Å². The molecule has 1 unspecified atom stereocenters. The van der Waals surface area contributed by atoms with E-state index in [0.29, 0.717) is 46.1 Å². The fourth-order valence-corrected chi connectivity index (χ4v) is 6.54. The van der Waals surface area contributed by atoms with Gasteiger partial charge in [-0.2, -0.15) is 0 Å². The number of H-pyrrole nitrogens is 1. The van der Waals surface area contributed by atoms with Crippen LogP contribution in [0.2, 0.25) is 0 Å². The molecular formula is C22H18FIN7O3-. The number of anilines is 2. The van der Waals surface area contributed by atoms with Crippen molar-refractivity contribution in [2.24, 2.45) is 0 Å². The molecule has 174 valence electrons. The zero-order valence-corrected chi connectivity index (χ0v) is 20.0. The molecule has 12 heteroatoms. The third-order valence-electron chi connectivity index (χ3n) is 5.57. The van der Waals surface area contributed by atoms with Gasteiger partial charge in [-0.1, -0.05) is 0 Å². The first-order valence-electron chi connectivity index (χ1n) is 10.4. The van der Waals surface area contributed by atoms with E-state index >= 15 is 0 Å². The van der Waals surface area contributed by atoms with Gasteiger partial charge in [-0.3, -0.25) is 0 Å². The Bertz CT molecular complexity index is 1420. The molecule has 0 aliphatic carbocycles. The van der Waals surface area contributed by atoms with E-state index in [1.165, 1.54) is 13.2 Å². The summed E-state index contributed by atoms with van der Waals surface area (Å²) >= 11 is -0.706. The van der Waals surface area contributed by atoms with Crippen LogP contribution in [0.3, 0.4) is 0 Å². The van der Waals surface area contributed by atoms with Crippen molar-refractivity contribution in [1.29, 1.82) is 0 Å². The summed E-state index contributed by atoms with van der Waals surface area (Å²) in [4.78, 5) is 21.0. The van der Waals surface area contributed by atoms with Crippen molar-refractivity contribution in [1.82, 2.24) is 28.5 Å². The first-order chi connectivity index (χ1) is 16.6. The standard InChI is InChI=1S/C22H18FIN7O3/c1-33-21-13(23)3-2-4-14(21)26-20-18-15-7-17(28-22(18)32)24-31-9-11(29-30-31)10-34-16-8-25-6-5-12(16)19(20)27-15/h2-6,8-9,17,26-27H,7,10H2,1H3,(H,28,32)/q-1. The van der Waals surface area contributed by atoms with E-state index < -0.39 is 27.3 Å². The van der Waals surface area contributed by atoms with Crippen molar-refractivity contribution in [2.45, 2.75) is 17.1 Å². The number of carbonyl (C=O) groups is 1. The summed E-state index contributed by atoms with van der Waals surface area (Å²) in [5, 5.41) is 14.7. The summed E-state index contributed by atoms with van der Waals surface area (Å²) in [5.41, 5.74) is 4.20. The molecule has 1 aromatic carbocycles. The number of benzene rings is 1. The third kappa shape index (κ3) is 3.54. The van der Waals surface area contributed by atoms with Crippen LogP contribution < -0.4 is 41.6 Å². The molecule has 4 aromatic rings. The number of carbonyl (C=O) groups excluding carboxylic acids is 1. The molecule has 3 N–H and O–H groups in total. The van der Waals surface area contributed by atoms with Crippen LogP contribution in [0.1, 0.15) is 21.7 Å². The van der Waals surface area contributed by atoms with E-state index in [-0.39, 0.29) is 22.3 Å². The summed E-state index contributed by atoms with van der Waals surface area (Å²) in [6, 6.07) is 6.40. The maximum absolute atomic E-state index is 14.4. The average molecular weight is 574 g/mol. The van der Waals surface area contributed by atoms with Gasteiger partial charge in [0.15, 0.2) is 0 Å². The second kappa shape index (κ2) is 8.27. The van der Waals surface area contributed by atoms with Crippen LogP contribution in [-0.4, -0.2) is 40.2 Å². The van der Waals surface area contributed by atoms with Crippen LogP contribution in [0.25, 0.3) is 11.3 Å². The Labute approximate surface area is 203 Å². The molecule has 2 aliphatic heterocycles. The summed E-state index contributed by atoms with van der Waals surface area (Å²) in [6.45, 7) is 0.223. The summed E-state index contributed by atoms with van der Waals surface area (Å²) < 4.78 is 27.5. The van der Waals surface area contributed by atoms with Crippen molar-refractivity contribution in [3.63, 3.8) is 0 Å². The molecule has 10 nitrogen and oxygen atoms in total. The first kappa shape index (κ1) is 20.9. The third-order valence-corrected chi connectivity index (χ3v) is 8.03. The number of pyridine rings is 1. The number of amides is 1. The molecule has 5 bridgehead atoms. The number of halogens is 2. The predicted molar refractivity (Wildman–Crippen MR) is 115 cm³/mol. The number of aromatic nitrogens is 5. The van der Waals surface area contributed by atoms with E-state index in [0.717, 1.165) is 5.69 Å². The normalized spacial score (nSPS) is 16.6. The van der Waals surface area contributed by atoms with Gasteiger partial charge in [0.1, 0.15) is 0 Å². The summed E-state index contributed by atoms with van der Waals surface area (Å²) in [6.07, 6.45) is 5.71. The number of rotatable bonds is 3. The topological polar surface area (TPSA) is 119 Å². The van der Waals surface area contributed by atoms with Crippen LogP contribution in [0.15, 0.2) is 42.9 Å². The Morgan fingerprint density at radius 1 is 1.35 bits per heavy atom. The minimum atomic E-state index is -0.706. The van der Waals surface area contributed by atoms with Crippen LogP contribution in [0, 0.1) is 5.82 Å². The zero-order valence-electron chi connectivity index (χ0n) is 17.8. The van der Waals surface area contributed by atoms with Gasteiger partial charge >= 0.3 is 204 Å². The Kier molecular flexibility index (Phi) is 5.08. The van der Waals surface area contributed by atoms with E-state index in [9.17, 15) is 9.18 Å². The van der Waals surface area contributed by atoms with Crippen LogP contribution >= 0.6 is 0 Å². The van der Waals surface area contributed by atoms with Crippen LogP contribution in [0.4, 0.5) is 15.8 Å². The van der Waals surface area contributed by atoms with Crippen LogP contribution in [0.5, 0.6) is 11.5 Å². The fraction of sp³-hybridized carbons (Fsp3) is 0.182. The number of nitrogens with one attached hydrogen (secondary N) is 3. The van der Waals surface area contributed by atoms with Gasteiger partial charge in [0, 0.05) is 0 Å². The molecule has 0 saturated heterocycles. The van der Waals surface area contributed by atoms with Gasteiger partial charge in [-0.15, -0.1) is 0 Å². The molecule has 0 saturated carbocycles. The zero-order chi connectivity index (χ0) is 23.2. The number of methoxy groups -OCH3 is 1. The molecule has 2 aliphatic rings. The molecule has 1 atom stereocenters. The van der Waals surface area contributed by atoms with Gasteiger partial charge in [0.2, 0.25) is 0 Å². The quantitative estimate of drug-likeness (QED) is 0.174. The number of fused-ring (bicyclic) bond motifs is 6. The maximum atomic E-state index is 14.4. The SMILES string of the molecule is COc1c(F)cccc1Nc1c2[nH]c3c1C(=O)NC(C3)[I-]n1cc(nn1)COc1cnccc1-2. The Morgan fingerprint density at radius 2 is 2.26 bits per heavy atom. The number of nitrogens with zero attached hydrogens (tertiary/aromatic N) is 4. The molecule has 1 amide bonds. The fourth-order valence-electron chi connectivity index (χ4n) is 4.10. The van der Waals surface area contributed by atoms with E-state index in [2.05, 4.69) is 30.9 Å². The Hall–Kier alpha value is -3.68. The number of para-hydroxylation sites is 1. The summed E-state index contributed by atoms with van der Waals surface area (Å²) in [7, 11) is 1.40. The molecule has 0 fully saturated rings. The van der Waals surface area contributed by atoms with Gasteiger partial charge in [-0.05, 0) is 0 Å². The van der Waals surface area contributed by atoms with Crippen molar-refractivity contribution in [3.8, 4) is 22.8 Å². The van der Waals surface area contributed by atoms with E-state index in [1.807, 2.05) is 6.20 Å². The Morgan fingerprint density at radius 3 is 3.15 bits per heavy atom. The van der Waals surface area contributed by atoms with Gasteiger partial charge in [0.25, 0.3) is 0 Å². The van der Waals surface area contributed by atoms with E-state index in [4.69, 9.17) is 9.47 Å². The van der Waals surface area contributed by atoms with Gasteiger partial charge in [0.05, 0.1) is 0 Å². The second-order valence-electron chi connectivity index (χ2n) is 7.68. The predicted octanol–water partition coefficient (Wildman–Crippen LogP) is -0.384. The molecule has 0 radical (unpaired) electrons. The molecule has 0 spiro atoms. The molecule has 3 aromatic heterocycles. The van der Waals surface area contributed by atoms with Crippen LogP contribution in [-0.2, 0) is 13.0 Å². The molecule has 34 heavy (non-hydrogen) atoms. The molecule has 6 rings (SSSR count). The number of aromatic amines is 1. The van der Waals surface area contributed by atoms with Crippen molar-refractivity contribution in [2.75, 3.05) is 12.4 Å². The van der Waals surface area contributed by atoms with E-state index in [1.54, 1.807) is 33.5 Å². The number of hydrogen-bond acceptors (Lipinski definition) is 7. The number of alkyl halides is 1. The minimum absolute atomic E-state index is 0.0588. The van der Waals surface area contributed by atoms with Crippen molar-refractivity contribution >= 4 is 17.3 Å². The van der Waals surface area contributed by atoms with Crippen molar-refractivity contribution < 1.29 is 40.1 Å². The second-order valence-corrected chi connectivity index (χ2v) is 10.7.